The number of methoxy groups -OCH3 is 1. The van der Waals surface area contributed by atoms with Crippen molar-refractivity contribution in [2.75, 3.05) is 18.6 Å². The Morgan fingerprint density at radius 2 is 1.94 bits per heavy atom. The van der Waals surface area contributed by atoms with Gasteiger partial charge < -0.3 is 14.0 Å². The van der Waals surface area contributed by atoms with Crippen LogP contribution in [0.5, 0.6) is 11.5 Å². The molecule has 0 radical (unpaired) electrons. The van der Waals surface area contributed by atoms with Gasteiger partial charge in [0.05, 0.1) is 19.4 Å². The first-order valence-electron chi connectivity index (χ1n) is 10.9. The van der Waals surface area contributed by atoms with Crippen LogP contribution < -0.4 is 14.4 Å². The van der Waals surface area contributed by atoms with Gasteiger partial charge in [-0.1, -0.05) is 28.0 Å². The second kappa shape index (κ2) is 8.99. The third-order valence-electron chi connectivity index (χ3n) is 5.76. The van der Waals surface area contributed by atoms with Gasteiger partial charge in [0.1, 0.15) is 6.54 Å². The minimum atomic E-state index is -0.944. The first-order chi connectivity index (χ1) is 16.9. The number of benzene rings is 2. The van der Waals surface area contributed by atoms with Crippen LogP contribution in [-0.4, -0.2) is 52.8 Å². The quantitative estimate of drug-likeness (QED) is 0.454. The third-order valence-corrected chi connectivity index (χ3v) is 6.17. The molecule has 0 bridgehead atoms. The standard InChI is InChI=1S/C23H21ClN6O5/c1-4-34-16-8-6-13(9-17(16)33-3)21-25-18(35-27-21)11-29-20-19(26-28-29)22(31)30(23(20)32)14-7-5-12(2)15(24)10-14/h5-10,19-20H,4,11H2,1-3H3/t19-,20+/m1/s1. The van der Waals surface area contributed by atoms with Crippen molar-refractivity contribution in [2.45, 2.75) is 32.5 Å². The summed E-state index contributed by atoms with van der Waals surface area (Å²) in [6, 6.07) is 8.47. The topological polar surface area (TPSA) is 123 Å². The highest BCUT2D eigenvalue weighted by Gasteiger charge is 2.55. The molecule has 2 aromatic carbocycles. The molecule has 2 atom stereocenters. The van der Waals surface area contributed by atoms with E-state index in [1.54, 1.807) is 43.5 Å². The lowest BCUT2D eigenvalue weighted by Gasteiger charge is -2.19. The van der Waals surface area contributed by atoms with Crippen molar-refractivity contribution in [1.29, 1.82) is 0 Å². The molecule has 180 valence electrons. The molecule has 1 saturated heterocycles. The molecule has 12 heteroatoms. The highest BCUT2D eigenvalue weighted by Crippen LogP contribution is 2.35. The zero-order valence-corrected chi connectivity index (χ0v) is 19.9. The number of nitrogens with zero attached hydrogens (tertiary/aromatic N) is 6. The van der Waals surface area contributed by atoms with Gasteiger partial charge in [-0.2, -0.15) is 10.1 Å². The van der Waals surface area contributed by atoms with Gasteiger partial charge in [-0.05, 0) is 49.7 Å². The normalized spacial score (nSPS) is 19.0. The third kappa shape index (κ3) is 3.97. The van der Waals surface area contributed by atoms with Crippen molar-refractivity contribution in [3.05, 3.63) is 52.9 Å². The van der Waals surface area contributed by atoms with Crippen LogP contribution in [0.15, 0.2) is 51.3 Å². The van der Waals surface area contributed by atoms with E-state index >= 15 is 0 Å². The molecule has 1 aromatic heterocycles. The Morgan fingerprint density at radius 3 is 2.69 bits per heavy atom. The van der Waals surface area contributed by atoms with Gasteiger partial charge in [0.25, 0.3) is 11.8 Å². The summed E-state index contributed by atoms with van der Waals surface area (Å²) < 4.78 is 16.3. The molecule has 0 spiro atoms. The summed E-state index contributed by atoms with van der Waals surface area (Å²) >= 11 is 6.20. The van der Waals surface area contributed by atoms with E-state index < -0.39 is 23.9 Å². The summed E-state index contributed by atoms with van der Waals surface area (Å²) in [5.74, 6) is 0.788. The Labute approximate surface area is 205 Å². The fourth-order valence-corrected chi connectivity index (χ4v) is 4.16. The molecule has 2 aliphatic rings. The zero-order valence-electron chi connectivity index (χ0n) is 19.1. The molecule has 2 aliphatic heterocycles. The highest BCUT2D eigenvalue weighted by atomic mass is 35.5. The first-order valence-corrected chi connectivity index (χ1v) is 11.2. The van der Waals surface area contributed by atoms with Crippen LogP contribution >= 0.6 is 11.6 Å². The second-order valence-electron chi connectivity index (χ2n) is 7.95. The SMILES string of the molecule is CCOc1ccc(-c2noc(CN3N=N[C@H]4C(=O)N(c5ccc(C)c(Cl)c5)C(=O)[C@H]43)n2)cc1OC. The predicted molar refractivity (Wildman–Crippen MR) is 124 cm³/mol. The van der Waals surface area contributed by atoms with Crippen molar-refractivity contribution >= 4 is 29.1 Å². The molecule has 11 nitrogen and oxygen atoms in total. The Balaban J connectivity index is 1.34. The Morgan fingerprint density at radius 1 is 1.11 bits per heavy atom. The zero-order chi connectivity index (χ0) is 24.7. The average molecular weight is 497 g/mol. The maximum atomic E-state index is 13.2. The number of ether oxygens (including phenoxy) is 2. The number of amides is 2. The van der Waals surface area contributed by atoms with Gasteiger partial charge in [0.2, 0.25) is 11.7 Å². The number of carbonyl (C=O) groups is 2. The lowest BCUT2D eigenvalue weighted by Crippen LogP contribution is -2.39. The number of imide groups is 1. The van der Waals surface area contributed by atoms with E-state index in [9.17, 15) is 9.59 Å². The molecule has 35 heavy (non-hydrogen) atoms. The van der Waals surface area contributed by atoms with E-state index in [2.05, 4.69) is 20.5 Å². The molecule has 5 rings (SSSR count). The van der Waals surface area contributed by atoms with Crippen LogP contribution in [0, 0.1) is 6.92 Å². The van der Waals surface area contributed by atoms with Gasteiger partial charge in [0, 0.05) is 10.6 Å². The van der Waals surface area contributed by atoms with Gasteiger partial charge in [-0.3, -0.25) is 14.6 Å². The molecule has 0 unspecified atom stereocenters. The second-order valence-corrected chi connectivity index (χ2v) is 8.36. The van der Waals surface area contributed by atoms with Crippen LogP contribution in [0.1, 0.15) is 18.4 Å². The monoisotopic (exact) mass is 496 g/mol. The smallest absolute Gasteiger partial charge is 0.263 e. The van der Waals surface area contributed by atoms with Crippen LogP contribution in [-0.2, 0) is 16.1 Å². The summed E-state index contributed by atoms with van der Waals surface area (Å²) in [5, 5.41) is 13.9. The number of carbonyl (C=O) groups excluding carboxylic acids is 2. The van der Waals surface area contributed by atoms with Crippen molar-refractivity contribution in [1.82, 2.24) is 15.1 Å². The maximum absolute atomic E-state index is 13.2. The van der Waals surface area contributed by atoms with E-state index in [1.807, 2.05) is 13.8 Å². The number of hydrogen-bond donors (Lipinski definition) is 0. The average Bonchev–Trinajstić information content (AvgIpc) is 3.54. The van der Waals surface area contributed by atoms with Crippen LogP contribution in [0.4, 0.5) is 5.69 Å². The van der Waals surface area contributed by atoms with E-state index in [4.69, 9.17) is 25.6 Å². The lowest BCUT2D eigenvalue weighted by molar-refractivity contribution is -0.123. The molecule has 3 heterocycles. The largest absolute Gasteiger partial charge is 0.493 e. The van der Waals surface area contributed by atoms with Crippen molar-refractivity contribution in [3.8, 4) is 22.9 Å². The first kappa shape index (κ1) is 22.8. The van der Waals surface area contributed by atoms with E-state index in [0.29, 0.717) is 40.2 Å². The van der Waals surface area contributed by atoms with Gasteiger partial charge in [-0.15, -0.1) is 0 Å². The van der Waals surface area contributed by atoms with Crippen molar-refractivity contribution < 1.29 is 23.6 Å². The molecular weight excluding hydrogens is 476 g/mol. The van der Waals surface area contributed by atoms with Crippen molar-refractivity contribution in [2.24, 2.45) is 10.3 Å². The predicted octanol–water partition coefficient (Wildman–Crippen LogP) is 3.60. The molecule has 3 aromatic rings. The number of hydrogen-bond acceptors (Lipinski definition) is 10. The van der Waals surface area contributed by atoms with Crippen LogP contribution in [0.25, 0.3) is 11.4 Å². The van der Waals surface area contributed by atoms with E-state index in [1.165, 1.54) is 5.01 Å². The number of halogens is 1. The Hall–Kier alpha value is -3.99. The minimum absolute atomic E-state index is 0.00729. The number of rotatable bonds is 7. The summed E-state index contributed by atoms with van der Waals surface area (Å²) in [6.07, 6.45) is 0. The molecule has 2 amide bonds. The number of aromatic nitrogens is 2. The van der Waals surface area contributed by atoms with E-state index in [-0.39, 0.29) is 12.4 Å². The number of anilines is 1. The number of fused-ring (bicyclic) bond motifs is 1. The minimum Gasteiger partial charge on any atom is -0.493 e. The lowest BCUT2D eigenvalue weighted by atomic mass is 10.1. The molecule has 0 aliphatic carbocycles. The maximum Gasteiger partial charge on any atom is 0.263 e. The number of aryl methyl sites for hydroxylation is 1. The van der Waals surface area contributed by atoms with Crippen molar-refractivity contribution in [3.63, 3.8) is 0 Å². The highest BCUT2D eigenvalue weighted by molar-refractivity contribution is 6.32. The molecule has 0 saturated carbocycles. The fourth-order valence-electron chi connectivity index (χ4n) is 3.99. The van der Waals surface area contributed by atoms with Gasteiger partial charge in [-0.25, -0.2) is 4.90 Å². The molecule has 0 N–H and O–H groups in total. The summed E-state index contributed by atoms with van der Waals surface area (Å²) in [7, 11) is 1.55. The molecule has 1 fully saturated rings. The van der Waals surface area contributed by atoms with Gasteiger partial charge in [0.15, 0.2) is 23.6 Å². The Kier molecular flexibility index (Phi) is 5.85. The fraction of sp³-hybridized carbons (Fsp3) is 0.304. The van der Waals surface area contributed by atoms with Gasteiger partial charge >= 0.3 is 0 Å². The van der Waals surface area contributed by atoms with Crippen LogP contribution in [0.2, 0.25) is 5.02 Å². The van der Waals surface area contributed by atoms with E-state index in [0.717, 1.165) is 10.5 Å². The summed E-state index contributed by atoms with van der Waals surface area (Å²) in [5.41, 5.74) is 1.90. The molecular formula is C23H21ClN6O5. The summed E-state index contributed by atoms with van der Waals surface area (Å²) in [6.45, 7) is 4.24. The van der Waals surface area contributed by atoms with Crippen LogP contribution in [0.3, 0.4) is 0 Å². The Bertz CT molecular complexity index is 1340. The summed E-state index contributed by atoms with van der Waals surface area (Å²) in [4.78, 5) is 31.6.